The number of hydrogen-bond acceptors (Lipinski definition) is 4. The van der Waals surface area contributed by atoms with E-state index < -0.39 is 0 Å². The van der Waals surface area contributed by atoms with Crippen LogP contribution in [0.5, 0.6) is 11.5 Å². The highest BCUT2D eigenvalue weighted by molar-refractivity contribution is 9.09. The van der Waals surface area contributed by atoms with E-state index in [1.165, 1.54) is 0 Å². The Morgan fingerprint density at radius 2 is 1.90 bits per heavy atom. The highest BCUT2D eigenvalue weighted by Crippen LogP contribution is 2.27. The van der Waals surface area contributed by atoms with Gasteiger partial charge in [0, 0.05) is 20.7 Å². The number of alkyl halides is 1. The van der Waals surface area contributed by atoms with E-state index in [9.17, 15) is 4.79 Å². The average Bonchev–Trinajstić information content (AvgIpc) is 2.47. The molecule has 0 aliphatic rings. The molecule has 0 spiro atoms. The van der Waals surface area contributed by atoms with Gasteiger partial charge in [-0.15, -0.1) is 0 Å². The minimum atomic E-state index is 0.0442. The van der Waals surface area contributed by atoms with Gasteiger partial charge in [-0.3, -0.25) is 4.79 Å². The molecule has 0 saturated heterocycles. The molecule has 118 valence electrons. The summed E-state index contributed by atoms with van der Waals surface area (Å²) in [5, 5.41) is 0. The third-order valence-electron chi connectivity index (χ3n) is 3.05. The molecule has 0 fully saturated rings. The van der Waals surface area contributed by atoms with Gasteiger partial charge in [0.05, 0.1) is 32.1 Å². The number of likely N-dealkylation sites (N-methyl/N-ethyl adjacent to an activating group) is 1. The Balaban J connectivity index is 2.65. The van der Waals surface area contributed by atoms with Crippen LogP contribution in [0.25, 0.3) is 0 Å². The molecule has 0 N–H and O–H groups in total. The third kappa shape index (κ3) is 5.55. The predicted molar refractivity (Wildman–Crippen MR) is 85.5 cm³/mol. The first-order chi connectivity index (χ1) is 10.0. The lowest BCUT2D eigenvalue weighted by Crippen LogP contribution is -2.34. The van der Waals surface area contributed by atoms with Gasteiger partial charge in [-0.1, -0.05) is 22.0 Å². The van der Waals surface area contributed by atoms with Crippen LogP contribution in [0.2, 0.25) is 0 Å². The molecule has 0 aliphatic carbocycles. The molecule has 0 radical (unpaired) electrons. The molecule has 0 bridgehead atoms. The SMILES string of the molecule is COCC(Br)CN(C)C(=O)Cc1ccc(OC)c(OC)c1. The van der Waals surface area contributed by atoms with E-state index >= 15 is 0 Å². The maximum absolute atomic E-state index is 12.2. The van der Waals surface area contributed by atoms with Gasteiger partial charge in [0.2, 0.25) is 5.91 Å². The standard InChI is InChI=1S/C15H22BrNO4/c1-17(9-12(16)10-19-2)15(18)8-11-5-6-13(20-3)14(7-11)21-4/h5-7,12H,8-10H2,1-4H3. The molecule has 1 amide bonds. The van der Waals surface area contributed by atoms with Crippen LogP contribution in [0.1, 0.15) is 5.56 Å². The Kier molecular flexibility index (Phi) is 7.53. The fourth-order valence-corrected chi connectivity index (χ4v) is 2.63. The molecule has 21 heavy (non-hydrogen) atoms. The molecular formula is C15H22BrNO4. The fraction of sp³-hybridized carbons (Fsp3) is 0.533. The molecule has 6 heteroatoms. The predicted octanol–water partition coefficient (Wildman–Crippen LogP) is 2.11. The van der Waals surface area contributed by atoms with Crippen molar-refractivity contribution in [2.75, 3.05) is 41.5 Å². The summed E-state index contributed by atoms with van der Waals surface area (Å²) in [6.45, 7) is 1.16. The summed E-state index contributed by atoms with van der Waals surface area (Å²) in [4.78, 5) is 14.0. The van der Waals surface area contributed by atoms with E-state index in [1.807, 2.05) is 12.1 Å². The van der Waals surface area contributed by atoms with Gasteiger partial charge >= 0.3 is 0 Å². The first-order valence-corrected chi connectivity index (χ1v) is 7.51. The van der Waals surface area contributed by atoms with Crippen molar-refractivity contribution in [3.05, 3.63) is 23.8 Å². The van der Waals surface area contributed by atoms with Gasteiger partial charge in [-0.25, -0.2) is 0 Å². The number of amides is 1. The largest absolute Gasteiger partial charge is 0.493 e. The number of hydrogen-bond donors (Lipinski definition) is 0. The summed E-state index contributed by atoms with van der Waals surface area (Å²) >= 11 is 3.48. The van der Waals surface area contributed by atoms with Crippen molar-refractivity contribution in [2.24, 2.45) is 0 Å². The number of nitrogens with zero attached hydrogens (tertiary/aromatic N) is 1. The van der Waals surface area contributed by atoms with Crippen LogP contribution >= 0.6 is 15.9 Å². The number of ether oxygens (including phenoxy) is 3. The summed E-state index contributed by atoms with van der Waals surface area (Å²) in [5.74, 6) is 1.33. The first-order valence-electron chi connectivity index (χ1n) is 6.59. The Bertz CT molecular complexity index is 467. The van der Waals surface area contributed by atoms with Crippen molar-refractivity contribution < 1.29 is 19.0 Å². The molecule has 1 atom stereocenters. The molecule has 1 unspecified atom stereocenters. The van der Waals surface area contributed by atoms with E-state index in [1.54, 1.807) is 39.3 Å². The molecule has 1 aromatic rings. The summed E-state index contributed by atoms with van der Waals surface area (Å²) < 4.78 is 15.5. The van der Waals surface area contributed by atoms with Crippen LogP contribution in [0.4, 0.5) is 0 Å². The Morgan fingerprint density at radius 3 is 2.48 bits per heavy atom. The molecule has 0 aliphatic heterocycles. The minimum Gasteiger partial charge on any atom is -0.493 e. The van der Waals surface area contributed by atoms with Gasteiger partial charge in [0.25, 0.3) is 0 Å². The van der Waals surface area contributed by atoms with Crippen LogP contribution in [0, 0.1) is 0 Å². The fourth-order valence-electron chi connectivity index (χ4n) is 1.93. The second-order valence-corrected chi connectivity index (χ2v) is 5.99. The summed E-state index contributed by atoms with van der Waals surface area (Å²) in [6, 6.07) is 5.50. The lowest BCUT2D eigenvalue weighted by Gasteiger charge is -2.20. The van der Waals surface area contributed by atoms with Gasteiger partial charge in [-0.2, -0.15) is 0 Å². The highest BCUT2D eigenvalue weighted by atomic mass is 79.9. The van der Waals surface area contributed by atoms with E-state index in [0.29, 0.717) is 31.1 Å². The van der Waals surface area contributed by atoms with Crippen molar-refractivity contribution >= 4 is 21.8 Å². The van der Waals surface area contributed by atoms with E-state index in [2.05, 4.69) is 15.9 Å². The van der Waals surface area contributed by atoms with Gasteiger partial charge < -0.3 is 19.1 Å². The lowest BCUT2D eigenvalue weighted by atomic mass is 10.1. The molecule has 0 heterocycles. The monoisotopic (exact) mass is 359 g/mol. The Hall–Kier alpha value is -1.27. The number of carbonyl (C=O) groups is 1. The van der Waals surface area contributed by atoms with Crippen molar-refractivity contribution in [3.8, 4) is 11.5 Å². The second-order valence-electron chi connectivity index (χ2n) is 4.69. The van der Waals surface area contributed by atoms with Crippen LogP contribution in [-0.2, 0) is 16.0 Å². The zero-order valence-corrected chi connectivity index (χ0v) is 14.5. The zero-order valence-electron chi connectivity index (χ0n) is 12.9. The molecule has 0 saturated carbocycles. The summed E-state index contributed by atoms with van der Waals surface area (Å²) in [7, 11) is 6.59. The Morgan fingerprint density at radius 1 is 1.24 bits per heavy atom. The zero-order chi connectivity index (χ0) is 15.8. The average molecular weight is 360 g/mol. The van der Waals surface area contributed by atoms with Gasteiger partial charge in [-0.05, 0) is 17.7 Å². The van der Waals surface area contributed by atoms with Crippen molar-refractivity contribution in [2.45, 2.75) is 11.2 Å². The Labute approximate surface area is 134 Å². The maximum Gasteiger partial charge on any atom is 0.226 e. The first kappa shape index (κ1) is 17.8. The highest BCUT2D eigenvalue weighted by Gasteiger charge is 2.15. The van der Waals surface area contributed by atoms with Gasteiger partial charge in [0.15, 0.2) is 11.5 Å². The topological polar surface area (TPSA) is 48.0 Å². The van der Waals surface area contributed by atoms with Crippen LogP contribution in [-0.4, -0.2) is 57.2 Å². The van der Waals surface area contributed by atoms with Gasteiger partial charge in [0.1, 0.15) is 0 Å². The maximum atomic E-state index is 12.2. The van der Waals surface area contributed by atoms with Crippen LogP contribution in [0.15, 0.2) is 18.2 Å². The van der Waals surface area contributed by atoms with Crippen molar-refractivity contribution in [3.63, 3.8) is 0 Å². The van der Waals surface area contributed by atoms with Crippen LogP contribution < -0.4 is 9.47 Å². The summed E-state index contributed by atoms with van der Waals surface area (Å²) in [6.07, 6.45) is 0.323. The van der Waals surface area contributed by atoms with E-state index in [-0.39, 0.29) is 10.7 Å². The number of halogens is 1. The van der Waals surface area contributed by atoms with E-state index in [4.69, 9.17) is 14.2 Å². The minimum absolute atomic E-state index is 0.0442. The number of carbonyl (C=O) groups excluding carboxylic acids is 1. The quantitative estimate of drug-likeness (QED) is 0.667. The second kappa shape index (κ2) is 8.89. The molecule has 1 aromatic carbocycles. The molecular weight excluding hydrogens is 338 g/mol. The smallest absolute Gasteiger partial charge is 0.226 e. The van der Waals surface area contributed by atoms with E-state index in [0.717, 1.165) is 5.56 Å². The third-order valence-corrected chi connectivity index (χ3v) is 3.60. The lowest BCUT2D eigenvalue weighted by molar-refractivity contribution is -0.129. The van der Waals surface area contributed by atoms with Crippen molar-refractivity contribution in [1.29, 1.82) is 0 Å². The molecule has 0 aromatic heterocycles. The number of methoxy groups -OCH3 is 3. The van der Waals surface area contributed by atoms with Crippen LogP contribution in [0.3, 0.4) is 0 Å². The van der Waals surface area contributed by atoms with Crippen molar-refractivity contribution in [1.82, 2.24) is 4.90 Å². The summed E-state index contributed by atoms with van der Waals surface area (Å²) in [5.41, 5.74) is 0.891. The molecule has 5 nitrogen and oxygen atoms in total. The number of rotatable bonds is 8. The number of benzene rings is 1. The normalized spacial score (nSPS) is 11.9. The molecule has 1 rings (SSSR count).